The molecule has 6 nitrogen and oxygen atoms in total. The van der Waals surface area contributed by atoms with Crippen molar-refractivity contribution >= 4 is 17.6 Å². The summed E-state index contributed by atoms with van der Waals surface area (Å²) in [5.74, 6) is 0.373. The summed E-state index contributed by atoms with van der Waals surface area (Å²) in [7, 11) is 1.31. The number of ether oxygens (including phenoxy) is 1. The molecule has 1 aromatic heterocycles. The molecule has 0 aliphatic heterocycles. The molecule has 1 heterocycles. The van der Waals surface area contributed by atoms with Gasteiger partial charge in [0, 0.05) is 12.6 Å². The fourth-order valence-corrected chi connectivity index (χ4v) is 1.55. The second kappa shape index (κ2) is 6.56. The van der Waals surface area contributed by atoms with E-state index < -0.39 is 11.3 Å². The maximum atomic E-state index is 11.1. The zero-order valence-electron chi connectivity index (χ0n) is 10.2. The van der Waals surface area contributed by atoms with Crippen LogP contribution in [0.1, 0.15) is 25.7 Å². The van der Waals surface area contributed by atoms with Gasteiger partial charge in [0.2, 0.25) is 0 Å². The first-order chi connectivity index (χ1) is 8.06. The van der Waals surface area contributed by atoms with Gasteiger partial charge in [-0.1, -0.05) is 0 Å². The van der Waals surface area contributed by atoms with Crippen LogP contribution in [0.15, 0.2) is 6.33 Å². The van der Waals surface area contributed by atoms with Gasteiger partial charge in [-0.2, -0.15) is 5.10 Å². The van der Waals surface area contributed by atoms with E-state index >= 15 is 0 Å². The highest BCUT2D eigenvalue weighted by atomic mass is 35.5. The van der Waals surface area contributed by atoms with Crippen LogP contribution >= 0.6 is 11.6 Å². The quantitative estimate of drug-likeness (QED) is 0.603. The Hall–Kier alpha value is -1.14. The van der Waals surface area contributed by atoms with Crippen molar-refractivity contribution in [1.82, 2.24) is 20.1 Å². The molecule has 1 unspecified atom stereocenters. The van der Waals surface area contributed by atoms with Crippen LogP contribution in [0.3, 0.4) is 0 Å². The van der Waals surface area contributed by atoms with Crippen LogP contribution in [0.2, 0.25) is 0 Å². The Bertz CT molecular complexity index is 367. The highest BCUT2D eigenvalue weighted by Crippen LogP contribution is 2.05. The van der Waals surface area contributed by atoms with Crippen molar-refractivity contribution in [3.63, 3.8) is 0 Å². The van der Waals surface area contributed by atoms with E-state index in [2.05, 4.69) is 20.1 Å². The lowest BCUT2D eigenvalue weighted by Gasteiger charge is -2.11. The van der Waals surface area contributed by atoms with Crippen LogP contribution < -0.4 is 5.32 Å². The Balaban J connectivity index is 2.41. The fraction of sp³-hybridized carbons (Fsp3) is 0.700. The highest BCUT2D eigenvalue weighted by molar-refractivity contribution is 6.30. The molecule has 0 saturated carbocycles. The number of nitrogens with one attached hydrogen (secondary N) is 1. The summed E-state index contributed by atoms with van der Waals surface area (Å²) < 4.78 is 6.33. The van der Waals surface area contributed by atoms with E-state index in [0.29, 0.717) is 13.1 Å². The van der Waals surface area contributed by atoms with Crippen molar-refractivity contribution in [1.29, 1.82) is 0 Å². The molecular formula is C10H17ClN4O2. The van der Waals surface area contributed by atoms with Gasteiger partial charge < -0.3 is 10.1 Å². The van der Waals surface area contributed by atoms with Gasteiger partial charge in [0.05, 0.1) is 13.7 Å². The number of halogens is 1. The number of hydrogen-bond acceptors (Lipinski definition) is 5. The van der Waals surface area contributed by atoms with Gasteiger partial charge in [-0.05, 0) is 13.8 Å². The van der Waals surface area contributed by atoms with Crippen LogP contribution in [-0.2, 0) is 16.1 Å². The van der Waals surface area contributed by atoms with E-state index in [1.165, 1.54) is 13.4 Å². The first kappa shape index (κ1) is 13.9. The Morgan fingerprint density at radius 1 is 1.65 bits per heavy atom. The molecule has 0 aliphatic carbocycles. The molecule has 17 heavy (non-hydrogen) atoms. The van der Waals surface area contributed by atoms with Gasteiger partial charge in [-0.25, -0.2) is 9.67 Å². The number of aromatic nitrogens is 3. The summed E-state index contributed by atoms with van der Waals surface area (Å²) in [5.41, 5.74) is 0. The van der Waals surface area contributed by atoms with Crippen LogP contribution in [0.5, 0.6) is 0 Å². The second-order valence-electron chi connectivity index (χ2n) is 3.84. The predicted octanol–water partition coefficient (Wildman–Crippen LogP) is 0.729. The Morgan fingerprint density at radius 2 is 2.35 bits per heavy atom. The SMILES string of the molecule is COC(=O)C(Cl)CNCc1ncnn1C(C)C. The summed E-state index contributed by atoms with van der Waals surface area (Å²) >= 11 is 5.79. The minimum atomic E-state index is -0.685. The first-order valence-electron chi connectivity index (χ1n) is 5.37. The van der Waals surface area contributed by atoms with E-state index in [4.69, 9.17) is 11.6 Å². The van der Waals surface area contributed by atoms with Crippen molar-refractivity contribution in [3.8, 4) is 0 Å². The smallest absolute Gasteiger partial charge is 0.325 e. The summed E-state index contributed by atoms with van der Waals surface area (Å²) in [6.07, 6.45) is 1.51. The Labute approximate surface area is 105 Å². The lowest BCUT2D eigenvalue weighted by atomic mass is 10.4. The predicted molar refractivity (Wildman–Crippen MR) is 63.8 cm³/mol. The number of nitrogens with zero attached hydrogens (tertiary/aromatic N) is 3. The molecule has 0 aliphatic rings. The van der Waals surface area contributed by atoms with Crippen molar-refractivity contribution in [3.05, 3.63) is 12.2 Å². The number of alkyl halides is 1. The van der Waals surface area contributed by atoms with Gasteiger partial charge in [0.15, 0.2) is 0 Å². The molecule has 0 bridgehead atoms. The molecule has 0 saturated heterocycles. The molecule has 1 N–H and O–H groups in total. The van der Waals surface area contributed by atoms with Crippen LogP contribution in [0, 0.1) is 0 Å². The second-order valence-corrected chi connectivity index (χ2v) is 4.36. The van der Waals surface area contributed by atoms with E-state index in [0.717, 1.165) is 5.82 Å². The van der Waals surface area contributed by atoms with Crippen LogP contribution in [-0.4, -0.2) is 39.8 Å². The molecule has 0 spiro atoms. The minimum Gasteiger partial charge on any atom is -0.468 e. The zero-order chi connectivity index (χ0) is 12.8. The van der Waals surface area contributed by atoms with Crippen molar-refractivity contribution in [2.45, 2.75) is 31.8 Å². The van der Waals surface area contributed by atoms with Gasteiger partial charge in [0.25, 0.3) is 0 Å². The molecule has 0 amide bonds. The topological polar surface area (TPSA) is 69.0 Å². The van der Waals surface area contributed by atoms with Gasteiger partial charge in [-0.15, -0.1) is 11.6 Å². The maximum absolute atomic E-state index is 11.1. The number of carbonyl (C=O) groups is 1. The van der Waals surface area contributed by atoms with Gasteiger partial charge in [0.1, 0.15) is 17.5 Å². The average molecular weight is 261 g/mol. The summed E-state index contributed by atoms with van der Waals surface area (Å²) in [4.78, 5) is 15.2. The molecular weight excluding hydrogens is 244 g/mol. The van der Waals surface area contributed by atoms with Crippen molar-refractivity contribution in [2.75, 3.05) is 13.7 Å². The highest BCUT2D eigenvalue weighted by Gasteiger charge is 2.15. The number of esters is 1. The molecule has 1 atom stereocenters. The zero-order valence-corrected chi connectivity index (χ0v) is 10.9. The molecule has 96 valence electrons. The van der Waals surface area contributed by atoms with E-state index in [9.17, 15) is 4.79 Å². The maximum Gasteiger partial charge on any atom is 0.325 e. The average Bonchev–Trinajstić information content (AvgIpc) is 2.76. The third-order valence-electron chi connectivity index (χ3n) is 2.20. The number of methoxy groups -OCH3 is 1. The third kappa shape index (κ3) is 3.98. The summed E-state index contributed by atoms with van der Waals surface area (Å²) in [5, 5.41) is 6.46. The largest absolute Gasteiger partial charge is 0.468 e. The molecule has 7 heteroatoms. The third-order valence-corrected chi connectivity index (χ3v) is 2.53. The number of rotatable bonds is 6. The number of carbonyl (C=O) groups excluding carboxylic acids is 1. The fourth-order valence-electron chi connectivity index (χ4n) is 1.35. The molecule has 1 rings (SSSR count). The standard InChI is InChI=1S/C10H17ClN4O2/c1-7(2)15-9(13-6-14-15)5-12-4-8(11)10(16)17-3/h6-8,12H,4-5H2,1-3H3. The Morgan fingerprint density at radius 3 is 2.94 bits per heavy atom. The van der Waals surface area contributed by atoms with E-state index in [-0.39, 0.29) is 6.04 Å². The first-order valence-corrected chi connectivity index (χ1v) is 5.81. The van der Waals surface area contributed by atoms with Crippen LogP contribution in [0.4, 0.5) is 0 Å². The van der Waals surface area contributed by atoms with E-state index in [1.807, 2.05) is 18.5 Å². The summed E-state index contributed by atoms with van der Waals surface area (Å²) in [6, 6.07) is 0.252. The van der Waals surface area contributed by atoms with Gasteiger partial charge >= 0.3 is 5.97 Å². The molecule has 1 aromatic rings. The van der Waals surface area contributed by atoms with E-state index in [1.54, 1.807) is 0 Å². The minimum absolute atomic E-state index is 0.252. The van der Waals surface area contributed by atoms with Gasteiger partial charge in [-0.3, -0.25) is 4.79 Å². The summed E-state index contributed by atoms with van der Waals surface area (Å²) in [6.45, 7) is 4.89. The monoisotopic (exact) mass is 260 g/mol. The lowest BCUT2D eigenvalue weighted by molar-refractivity contribution is -0.140. The molecule has 0 fully saturated rings. The van der Waals surface area contributed by atoms with Crippen molar-refractivity contribution < 1.29 is 9.53 Å². The normalized spacial score (nSPS) is 12.8. The lowest BCUT2D eigenvalue weighted by Crippen LogP contribution is -2.30. The van der Waals surface area contributed by atoms with Crippen LogP contribution in [0.25, 0.3) is 0 Å². The Kier molecular flexibility index (Phi) is 5.37. The molecule has 0 aromatic carbocycles. The van der Waals surface area contributed by atoms with Crippen molar-refractivity contribution in [2.24, 2.45) is 0 Å². The number of hydrogen-bond donors (Lipinski definition) is 1. The molecule has 0 radical (unpaired) electrons.